The summed E-state index contributed by atoms with van der Waals surface area (Å²) in [7, 11) is 0. The number of halogens is 2. The molecule has 0 saturated carbocycles. The monoisotopic (exact) mass is 280 g/mol. The van der Waals surface area contributed by atoms with E-state index in [2.05, 4.69) is 4.90 Å². The fraction of sp³-hybridized carbons (Fsp3) is 0.533. The van der Waals surface area contributed by atoms with Crippen LogP contribution in [0.15, 0.2) is 18.2 Å². The van der Waals surface area contributed by atoms with E-state index in [4.69, 9.17) is 0 Å². The largest absolute Gasteiger partial charge is 0.336 e. The van der Waals surface area contributed by atoms with Gasteiger partial charge in [0, 0.05) is 25.7 Å². The highest BCUT2D eigenvalue weighted by molar-refractivity contribution is 5.94. The zero-order valence-electron chi connectivity index (χ0n) is 11.3. The first-order chi connectivity index (χ1) is 9.65. The highest BCUT2D eigenvalue weighted by atomic mass is 19.1. The summed E-state index contributed by atoms with van der Waals surface area (Å²) < 4.78 is 26.9. The Kier molecular flexibility index (Phi) is 3.70. The molecule has 0 unspecified atom stereocenters. The van der Waals surface area contributed by atoms with Crippen molar-refractivity contribution in [2.45, 2.75) is 25.3 Å². The van der Waals surface area contributed by atoms with Crippen molar-refractivity contribution in [1.82, 2.24) is 9.80 Å². The fourth-order valence-electron chi connectivity index (χ4n) is 3.17. The average molecular weight is 280 g/mol. The summed E-state index contributed by atoms with van der Waals surface area (Å²) in [5.41, 5.74) is -0.158. The van der Waals surface area contributed by atoms with Gasteiger partial charge < -0.3 is 4.90 Å². The van der Waals surface area contributed by atoms with Crippen LogP contribution in [0.1, 0.15) is 29.6 Å². The van der Waals surface area contributed by atoms with Gasteiger partial charge in [-0.05, 0) is 37.6 Å². The van der Waals surface area contributed by atoms with Gasteiger partial charge in [0.15, 0.2) is 0 Å². The lowest BCUT2D eigenvalue weighted by Gasteiger charge is -2.44. The summed E-state index contributed by atoms with van der Waals surface area (Å²) in [4.78, 5) is 16.4. The summed E-state index contributed by atoms with van der Waals surface area (Å²) >= 11 is 0. The SMILES string of the molecule is O=C(c1cc(F)ccc1F)N1CCN2CCCC[C@H]2C1. The van der Waals surface area contributed by atoms with Gasteiger partial charge in [0.05, 0.1) is 5.56 Å². The number of rotatable bonds is 1. The summed E-state index contributed by atoms with van der Waals surface area (Å²) in [5, 5.41) is 0. The number of piperazine rings is 1. The first kappa shape index (κ1) is 13.5. The van der Waals surface area contributed by atoms with Gasteiger partial charge in [0.1, 0.15) is 11.6 Å². The molecule has 1 aromatic carbocycles. The Hall–Kier alpha value is -1.49. The second kappa shape index (κ2) is 5.48. The van der Waals surface area contributed by atoms with Crippen molar-refractivity contribution >= 4 is 5.91 Å². The van der Waals surface area contributed by atoms with Gasteiger partial charge >= 0.3 is 0 Å². The molecule has 0 aromatic heterocycles. The predicted molar refractivity (Wildman–Crippen MR) is 71.5 cm³/mol. The minimum absolute atomic E-state index is 0.158. The number of fused-ring (bicyclic) bond motifs is 1. The van der Waals surface area contributed by atoms with Crippen molar-refractivity contribution in [3.63, 3.8) is 0 Å². The summed E-state index contributed by atoms with van der Waals surface area (Å²) in [6.07, 6.45) is 3.47. The highest BCUT2D eigenvalue weighted by Gasteiger charge is 2.32. The molecule has 1 atom stereocenters. The molecule has 0 bridgehead atoms. The maximum atomic E-state index is 13.7. The van der Waals surface area contributed by atoms with Crippen molar-refractivity contribution in [1.29, 1.82) is 0 Å². The molecular weight excluding hydrogens is 262 g/mol. The molecule has 0 N–H and O–H groups in total. The molecular formula is C15H18F2N2O. The van der Waals surface area contributed by atoms with Gasteiger partial charge in [0.2, 0.25) is 0 Å². The molecule has 108 valence electrons. The van der Waals surface area contributed by atoms with Gasteiger partial charge in [-0.1, -0.05) is 6.42 Å². The summed E-state index contributed by atoms with van der Waals surface area (Å²) in [5.74, 6) is -1.62. The first-order valence-electron chi connectivity index (χ1n) is 7.13. The molecule has 2 aliphatic rings. The van der Waals surface area contributed by atoms with E-state index in [1.165, 1.54) is 12.8 Å². The Balaban J connectivity index is 1.76. The van der Waals surface area contributed by atoms with Crippen molar-refractivity contribution in [3.8, 4) is 0 Å². The third-order valence-corrected chi connectivity index (χ3v) is 4.28. The van der Waals surface area contributed by atoms with E-state index >= 15 is 0 Å². The van der Waals surface area contributed by atoms with Crippen LogP contribution in [0.3, 0.4) is 0 Å². The molecule has 5 heteroatoms. The third kappa shape index (κ3) is 2.54. The minimum Gasteiger partial charge on any atom is -0.336 e. The van der Waals surface area contributed by atoms with Gasteiger partial charge in [-0.15, -0.1) is 0 Å². The van der Waals surface area contributed by atoms with Crippen molar-refractivity contribution in [2.75, 3.05) is 26.2 Å². The molecule has 0 spiro atoms. The van der Waals surface area contributed by atoms with E-state index in [1.807, 2.05) is 0 Å². The molecule has 0 radical (unpaired) electrons. The van der Waals surface area contributed by atoms with Crippen LogP contribution in [0.5, 0.6) is 0 Å². The zero-order chi connectivity index (χ0) is 14.1. The Morgan fingerprint density at radius 3 is 2.85 bits per heavy atom. The number of hydrogen-bond donors (Lipinski definition) is 0. The van der Waals surface area contributed by atoms with E-state index in [-0.39, 0.29) is 5.56 Å². The van der Waals surface area contributed by atoms with Crippen LogP contribution in [0.2, 0.25) is 0 Å². The van der Waals surface area contributed by atoms with Crippen molar-refractivity contribution in [3.05, 3.63) is 35.4 Å². The zero-order valence-corrected chi connectivity index (χ0v) is 11.3. The number of piperidine rings is 1. The Morgan fingerprint density at radius 1 is 1.15 bits per heavy atom. The number of carbonyl (C=O) groups excluding carboxylic acids is 1. The first-order valence-corrected chi connectivity index (χ1v) is 7.13. The van der Waals surface area contributed by atoms with Gasteiger partial charge in [-0.3, -0.25) is 9.69 Å². The third-order valence-electron chi connectivity index (χ3n) is 4.28. The number of amides is 1. The number of benzene rings is 1. The molecule has 2 saturated heterocycles. The molecule has 2 aliphatic heterocycles. The smallest absolute Gasteiger partial charge is 0.257 e. The molecule has 20 heavy (non-hydrogen) atoms. The summed E-state index contributed by atoms with van der Waals surface area (Å²) in [6.45, 7) is 3.12. The van der Waals surface area contributed by atoms with Crippen LogP contribution in [0, 0.1) is 11.6 Å². The number of nitrogens with zero attached hydrogens (tertiary/aromatic N) is 2. The van der Waals surface area contributed by atoms with Crippen molar-refractivity contribution < 1.29 is 13.6 Å². The van der Waals surface area contributed by atoms with Crippen molar-refractivity contribution in [2.24, 2.45) is 0 Å². The number of hydrogen-bond acceptors (Lipinski definition) is 2. The highest BCUT2D eigenvalue weighted by Crippen LogP contribution is 2.22. The molecule has 3 rings (SSSR count). The van der Waals surface area contributed by atoms with E-state index in [9.17, 15) is 13.6 Å². The lowest BCUT2D eigenvalue weighted by Crippen LogP contribution is -2.56. The maximum Gasteiger partial charge on any atom is 0.257 e. The van der Waals surface area contributed by atoms with E-state index in [1.54, 1.807) is 4.90 Å². The Labute approximate surface area is 117 Å². The molecule has 1 aromatic rings. The van der Waals surface area contributed by atoms with Crippen LogP contribution in [0.25, 0.3) is 0 Å². The second-order valence-electron chi connectivity index (χ2n) is 5.56. The van der Waals surface area contributed by atoms with Crippen LogP contribution in [0.4, 0.5) is 8.78 Å². The standard InChI is InChI=1S/C15H18F2N2O/c16-11-4-5-14(17)13(9-11)15(20)19-8-7-18-6-2-1-3-12(18)10-19/h4-5,9,12H,1-3,6-8,10H2/t12-/m0/s1. The Bertz CT molecular complexity index is 521. The molecule has 1 amide bonds. The van der Waals surface area contributed by atoms with Crippen LogP contribution >= 0.6 is 0 Å². The quantitative estimate of drug-likeness (QED) is 0.788. The van der Waals surface area contributed by atoms with E-state index < -0.39 is 17.5 Å². The van der Waals surface area contributed by atoms with Gasteiger partial charge in [-0.2, -0.15) is 0 Å². The van der Waals surface area contributed by atoms with E-state index in [0.29, 0.717) is 19.1 Å². The maximum absolute atomic E-state index is 13.7. The van der Waals surface area contributed by atoms with Crippen LogP contribution in [-0.4, -0.2) is 47.9 Å². The van der Waals surface area contributed by atoms with Crippen LogP contribution < -0.4 is 0 Å². The van der Waals surface area contributed by atoms with Gasteiger partial charge in [-0.25, -0.2) is 8.78 Å². The summed E-state index contributed by atoms with van der Waals surface area (Å²) in [6, 6.07) is 3.41. The Morgan fingerprint density at radius 2 is 2.00 bits per heavy atom. The molecule has 3 nitrogen and oxygen atoms in total. The second-order valence-corrected chi connectivity index (χ2v) is 5.56. The topological polar surface area (TPSA) is 23.6 Å². The predicted octanol–water partition coefficient (Wildman–Crippen LogP) is 2.28. The normalized spacial score (nSPS) is 23.5. The average Bonchev–Trinajstić information content (AvgIpc) is 2.48. The van der Waals surface area contributed by atoms with E-state index in [0.717, 1.165) is 37.7 Å². The molecule has 0 aliphatic carbocycles. The molecule has 2 heterocycles. The number of carbonyl (C=O) groups is 1. The van der Waals surface area contributed by atoms with Crippen LogP contribution in [-0.2, 0) is 0 Å². The fourth-order valence-corrected chi connectivity index (χ4v) is 3.17. The lowest BCUT2D eigenvalue weighted by molar-refractivity contribution is 0.0369. The van der Waals surface area contributed by atoms with Gasteiger partial charge in [0.25, 0.3) is 5.91 Å². The molecule has 2 fully saturated rings. The lowest BCUT2D eigenvalue weighted by atomic mass is 9.99. The minimum atomic E-state index is -0.650.